The van der Waals surface area contributed by atoms with Crippen molar-refractivity contribution in [3.8, 4) is 0 Å². The van der Waals surface area contributed by atoms with Crippen LogP contribution in [0.2, 0.25) is 0 Å². The van der Waals surface area contributed by atoms with E-state index >= 15 is 0 Å². The summed E-state index contributed by atoms with van der Waals surface area (Å²) < 4.78 is 27.4. The molecule has 0 saturated carbocycles. The third kappa shape index (κ3) is 4.81. The molecule has 0 amide bonds. The molecule has 4 nitrogen and oxygen atoms in total. The Hall–Kier alpha value is -1.43. The van der Waals surface area contributed by atoms with Crippen molar-refractivity contribution < 1.29 is 8.78 Å². The first-order chi connectivity index (χ1) is 10.1. The lowest BCUT2D eigenvalue weighted by Crippen LogP contribution is -2.31. The lowest BCUT2D eigenvalue weighted by atomic mass is 10.3. The largest absolute Gasteiger partial charge is 0.371 e. The summed E-state index contributed by atoms with van der Waals surface area (Å²) in [5.74, 6) is -0.995. The summed E-state index contributed by atoms with van der Waals surface area (Å²) in [4.78, 5) is 8.22. The fourth-order valence-corrected chi connectivity index (χ4v) is 2.29. The van der Waals surface area contributed by atoms with E-state index in [0.717, 1.165) is 32.1 Å². The second kappa shape index (κ2) is 8.77. The zero-order chi connectivity index (χ0) is 15.8. The van der Waals surface area contributed by atoms with Crippen LogP contribution in [-0.2, 0) is 0 Å². The molecule has 1 N–H and O–H groups in total. The number of hydrogen-bond acceptors (Lipinski definition) is 4. The quantitative estimate of drug-likeness (QED) is 0.760. The monoisotopic (exact) mass is 300 g/mol. The van der Waals surface area contributed by atoms with Crippen molar-refractivity contribution in [3.05, 3.63) is 17.7 Å². The predicted molar refractivity (Wildman–Crippen MR) is 84.0 cm³/mol. The van der Waals surface area contributed by atoms with Crippen LogP contribution in [0.15, 0.2) is 6.07 Å². The molecule has 1 aromatic heterocycles. The van der Waals surface area contributed by atoms with Crippen molar-refractivity contribution in [1.29, 1.82) is 0 Å². The number of anilines is 2. The molecule has 0 fully saturated rings. The van der Waals surface area contributed by atoms with Gasteiger partial charge < -0.3 is 15.1 Å². The Morgan fingerprint density at radius 2 is 1.71 bits per heavy atom. The first kappa shape index (κ1) is 17.6. The van der Waals surface area contributed by atoms with Crippen molar-refractivity contribution in [2.45, 2.75) is 27.2 Å². The third-order valence-corrected chi connectivity index (χ3v) is 3.63. The lowest BCUT2D eigenvalue weighted by Gasteiger charge is -2.25. The van der Waals surface area contributed by atoms with E-state index in [9.17, 15) is 8.78 Å². The molecule has 0 aliphatic rings. The zero-order valence-electron chi connectivity index (χ0n) is 13.4. The summed E-state index contributed by atoms with van der Waals surface area (Å²) in [6, 6.07) is 0.890. The van der Waals surface area contributed by atoms with Gasteiger partial charge in [-0.3, -0.25) is 0 Å². The van der Waals surface area contributed by atoms with Gasteiger partial charge in [-0.05, 0) is 33.0 Å². The number of pyridine rings is 1. The van der Waals surface area contributed by atoms with Crippen LogP contribution in [0.25, 0.3) is 0 Å². The normalized spacial score (nSPS) is 11.0. The number of nitrogens with one attached hydrogen (secondary N) is 1. The predicted octanol–water partition coefficient (Wildman–Crippen LogP) is 2.96. The second-order valence-electron chi connectivity index (χ2n) is 4.83. The molecule has 0 atom stereocenters. The van der Waals surface area contributed by atoms with Crippen molar-refractivity contribution in [3.63, 3.8) is 0 Å². The SMILES string of the molecule is CCN(CC)CCCN(CC)c1nc(NC)c(F)cc1F. The van der Waals surface area contributed by atoms with Gasteiger partial charge in [-0.2, -0.15) is 0 Å². The maximum atomic E-state index is 13.9. The van der Waals surface area contributed by atoms with Gasteiger partial charge in [0, 0.05) is 26.2 Å². The highest BCUT2D eigenvalue weighted by Gasteiger charge is 2.16. The smallest absolute Gasteiger partial charge is 0.168 e. The fourth-order valence-electron chi connectivity index (χ4n) is 2.29. The van der Waals surface area contributed by atoms with Crippen LogP contribution in [0.3, 0.4) is 0 Å². The summed E-state index contributed by atoms with van der Waals surface area (Å²) in [6.45, 7) is 10.5. The van der Waals surface area contributed by atoms with Crippen molar-refractivity contribution in [2.75, 3.05) is 50.0 Å². The zero-order valence-corrected chi connectivity index (χ0v) is 13.4. The molecule has 0 spiro atoms. The number of aromatic nitrogens is 1. The molecule has 0 radical (unpaired) electrons. The summed E-state index contributed by atoms with van der Waals surface area (Å²) in [6.07, 6.45) is 0.920. The van der Waals surface area contributed by atoms with E-state index in [1.54, 1.807) is 7.05 Å². The standard InChI is InChI=1S/C15H26F2N4/c1-5-20(6-2)9-8-10-21(7-3)15-13(17)11-12(16)14(18-4)19-15/h11H,5-10H2,1-4H3,(H,18,19). The Morgan fingerprint density at radius 3 is 2.24 bits per heavy atom. The highest BCUT2D eigenvalue weighted by Crippen LogP contribution is 2.22. The molecule has 0 unspecified atom stereocenters. The summed E-state index contributed by atoms with van der Waals surface area (Å²) >= 11 is 0. The van der Waals surface area contributed by atoms with Crippen molar-refractivity contribution in [2.24, 2.45) is 0 Å². The van der Waals surface area contributed by atoms with Crippen LogP contribution in [0.5, 0.6) is 0 Å². The van der Waals surface area contributed by atoms with Gasteiger partial charge in [0.05, 0.1) is 0 Å². The van der Waals surface area contributed by atoms with Gasteiger partial charge in [0.25, 0.3) is 0 Å². The van der Waals surface area contributed by atoms with E-state index in [1.807, 2.05) is 11.8 Å². The minimum atomic E-state index is -0.669. The van der Waals surface area contributed by atoms with E-state index in [2.05, 4.69) is 29.0 Å². The number of hydrogen-bond donors (Lipinski definition) is 1. The van der Waals surface area contributed by atoms with E-state index in [4.69, 9.17) is 0 Å². The molecule has 0 aromatic carbocycles. The van der Waals surface area contributed by atoms with Crippen LogP contribution in [-0.4, -0.2) is 49.7 Å². The van der Waals surface area contributed by atoms with Crippen molar-refractivity contribution in [1.82, 2.24) is 9.88 Å². The van der Waals surface area contributed by atoms with Gasteiger partial charge in [-0.25, -0.2) is 13.8 Å². The van der Waals surface area contributed by atoms with E-state index in [0.29, 0.717) is 13.1 Å². The first-order valence-electron chi connectivity index (χ1n) is 7.58. The maximum absolute atomic E-state index is 13.9. The Morgan fingerprint density at radius 1 is 1.05 bits per heavy atom. The Kier molecular flexibility index (Phi) is 7.36. The highest BCUT2D eigenvalue weighted by atomic mass is 19.1. The Labute approximate surface area is 126 Å². The molecule has 1 rings (SSSR count). The number of halogens is 2. The van der Waals surface area contributed by atoms with Crippen LogP contribution in [0.4, 0.5) is 20.4 Å². The minimum Gasteiger partial charge on any atom is -0.371 e. The van der Waals surface area contributed by atoms with Gasteiger partial charge in [-0.15, -0.1) is 0 Å². The molecule has 0 bridgehead atoms. The molecule has 0 aliphatic carbocycles. The maximum Gasteiger partial charge on any atom is 0.168 e. The van der Waals surface area contributed by atoms with Gasteiger partial charge in [-0.1, -0.05) is 13.8 Å². The Balaban J connectivity index is 2.76. The van der Waals surface area contributed by atoms with Crippen LogP contribution >= 0.6 is 0 Å². The summed E-state index contributed by atoms with van der Waals surface area (Å²) in [7, 11) is 1.57. The molecule has 1 heterocycles. The number of nitrogens with zero attached hydrogens (tertiary/aromatic N) is 3. The molecule has 120 valence electrons. The third-order valence-electron chi connectivity index (χ3n) is 3.63. The molecular weight excluding hydrogens is 274 g/mol. The summed E-state index contributed by atoms with van der Waals surface area (Å²) in [5.41, 5.74) is 0. The number of rotatable bonds is 9. The van der Waals surface area contributed by atoms with E-state index < -0.39 is 11.6 Å². The average Bonchev–Trinajstić information content (AvgIpc) is 2.49. The Bertz CT molecular complexity index is 436. The molecular formula is C15H26F2N4. The lowest BCUT2D eigenvalue weighted by molar-refractivity contribution is 0.300. The molecule has 0 aliphatic heterocycles. The van der Waals surface area contributed by atoms with E-state index in [1.165, 1.54) is 0 Å². The van der Waals surface area contributed by atoms with Crippen LogP contribution < -0.4 is 10.2 Å². The molecule has 0 saturated heterocycles. The average molecular weight is 300 g/mol. The molecule has 1 aromatic rings. The molecule has 21 heavy (non-hydrogen) atoms. The summed E-state index contributed by atoms with van der Waals surface area (Å²) in [5, 5.41) is 2.65. The second-order valence-corrected chi connectivity index (χ2v) is 4.83. The van der Waals surface area contributed by atoms with Gasteiger partial charge >= 0.3 is 0 Å². The van der Waals surface area contributed by atoms with Gasteiger partial charge in [0.2, 0.25) is 0 Å². The van der Waals surface area contributed by atoms with E-state index in [-0.39, 0.29) is 11.6 Å². The van der Waals surface area contributed by atoms with Crippen molar-refractivity contribution >= 4 is 11.6 Å². The van der Waals surface area contributed by atoms with Gasteiger partial charge in [0.1, 0.15) is 0 Å². The highest BCUT2D eigenvalue weighted by molar-refractivity contribution is 5.49. The van der Waals surface area contributed by atoms with Crippen LogP contribution in [0, 0.1) is 11.6 Å². The van der Waals surface area contributed by atoms with Crippen LogP contribution in [0.1, 0.15) is 27.2 Å². The topological polar surface area (TPSA) is 31.4 Å². The molecule has 6 heteroatoms. The first-order valence-corrected chi connectivity index (χ1v) is 7.58. The fraction of sp³-hybridized carbons (Fsp3) is 0.667. The minimum absolute atomic E-state index is 0.0774. The van der Waals surface area contributed by atoms with Gasteiger partial charge in [0.15, 0.2) is 23.3 Å².